The van der Waals surface area contributed by atoms with Gasteiger partial charge in [-0.3, -0.25) is 0 Å². The van der Waals surface area contributed by atoms with E-state index in [9.17, 15) is 0 Å². The van der Waals surface area contributed by atoms with Gasteiger partial charge in [-0.25, -0.2) is 4.98 Å². The van der Waals surface area contributed by atoms with Gasteiger partial charge in [-0.1, -0.05) is 30.3 Å². The van der Waals surface area contributed by atoms with E-state index >= 15 is 0 Å². The maximum Gasteiger partial charge on any atom is 0.231 e. The fourth-order valence-electron chi connectivity index (χ4n) is 3.03. The number of imidazole rings is 1. The van der Waals surface area contributed by atoms with Crippen molar-refractivity contribution >= 4 is 11.0 Å². The lowest BCUT2D eigenvalue weighted by atomic mass is 10.1. The average molecular weight is 309 g/mol. The van der Waals surface area contributed by atoms with E-state index in [4.69, 9.17) is 20.2 Å². The van der Waals surface area contributed by atoms with Crippen molar-refractivity contribution in [2.45, 2.75) is 19.4 Å². The van der Waals surface area contributed by atoms with Crippen molar-refractivity contribution in [1.29, 1.82) is 0 Å². The van der Waals surface area contributed by atoms with Crippen LogP contribution in [0, 0.1) is 0 Å². The van der Waals surface area contributed by atoms with E-state index in [0.717, 1.165) is 47.7 Å². The minimum atomic E-state index is 0.277. The van der Waals surface area contributed by atoms with Gasteiger partial charge < -0.3 is 19.8 Å². The smallest absolute Gasteiger partial charge is 0.231 e. The third-order valence-electron chi connectivity index (χ3n) is 4.15. The van der Waals surface area contributed by atoms with Gasteiger partial charge in [0.1, 0.15) is 5.82 Å². The highest BCUT2D eigenvalue weighted by molar-refractivity contribution is 5.81. The van der Waals surface area contributed by atoms with Gasteiger partial charge in [-0.2, -0.15) is 0 Å². The Bertz CT molecular complexity index is 827. The fourth-order valence-corrected chi connectivity index (χ4v) is 3.03. The normalized spacial score (nSPS) is 12.9. The zero-order valence-electron chi connectivity index (χ0n) is 12.9. The summed E-state index contributed by atoms with van der Waals surface area (Å²) in [6, 6.07) is 14.4. The SMILES string of the molecule is NCCn1c(CCc2ccccc2)nc2cc3c(cc21)OCO3. The molecule has 2 N–H and O–H groups in total. The summed E-state index contributed by atoms with van der Waals surface area (Å²) in [5, 5.41) is 0. The minimum absolute atomic E-state index is 0.277. The second kappa shape index (κ2) is 5.93. The highest BCUT2D eigenvalue weighted by atomic mass is 16.7. The van der Waals surface area contributed by atoms with Crippen LogP contribution >= 0.6 is 0 Å². The Morgan fingerprint density at radius 1 is 1.04 bits per heavy atom. The van der Waals surface area contributed by atoms with Crippen LogP contribution in [0.4, 0.5) is 0 Å². The largest absolute Gasteiger partial charge is 0.454 e. The highest BCUT2D eigenvalue weighted by Crippen LogP contribution is 2.36. The fraction of sp³-hybridized carbons (Fsp3) is 0.278. The molecule has 4 rings (SSSR count). The van der Waals surface area contributed by atoms with E-state index in [1.54, 1.807) is 0 Å². The van der Waals surface area contributed by atoms with Crippen molar-refractivity contribution in [2.75, 3.05) is 13.3 Å². The first kappa shape index (κ1) is 14.1. The van der Waals surface area contributed by atoms with Gasteiger partial charge in [-0.15, -0.1) is 0 Å². The number of aromatic nitrogens is 2. The summed E-state index contributed by atoms with van der Waals surface area (Å²) in [6.45, 7) is 1.61. The minimum Gasteiger partial charge on any atom is -0.454 e. The maximum atomic E-state index is 5.80. The molecule has 1 aromatic heterocycles. The van der Waals surface area contributed by atoms with E-state index in [0.29, 0.717) is 6.54 Å². The lowest BCUT2D eigenvalue weighted by molar-refractivity contribution is 0.174. The molecule has 0 unspecified atom stereocenters. The molecular weight excluding hydrogens is 290 g/mol. The molecule has 0 fully saturated rings. The van der Waals surface area contributed by atoms with E-state index in [-0.39, 0.29) is 6.79 Å². The van der Waals surface area contributed by atoms with Crippen LogP contribution < -0.4 is 15.2 Å². The molecule has 2 aromatic carbocycles. The summed E-state index contributed by atoms with van der Waals surface area (Å²) in [6.07, 6.45) is 1.84. The molecule has 0 radical (unpaired) electrons. The van der Waals surface area contributed by atoms with Crippen molar-refractivity contribution < 1.29 is 9.47 Å². The molecular formula is C18H19N3O2. The average Bonchev–Trinajstić information content (AvgIpc) is 3.16. The Hall–Kier alpha value is -2.53. The van der Waals surface area contributed by atoms with Crippen LogP contribution in [0.15, 0.2) is 42.5 Å². The summed E-state index contributed by atoms with van der Waals surface area (Å²) in [5.74, 6) is 2.60. The van der Waals surface area contributed by atoms with Crippen LogP contribution in [0.1, 0.15) is 11.4 Å². The zero-order valence-corrected chi connectivity index (χ0v) is 12.9. The van der Waals surface area contributed by atoms with Crippen LogP contribution in [0.2, 0.25) is 0 Å². The topological polar surface area (TPSA) is 62.3 Å². The zero-order chi connectivity index (χ0) is 15.6. The van der Waals surface area contributed by atoms with Gasteiger partial charge in [0.05, 0.1) is 11.0 Å². The molecule has 1 aliphatic heterocycles. The number of rotatable bonds is 5. The third kappa shape index (κ3) is 2.64. The van der Waals surface area contributed by atoms with Gasteiger partial charge in [0.2, 0.25) is 6.79 Å². The first-order valence-corrected chi connectivity index (χ1v) is 7.88. The Balaban J connectivity index is 1.69. The number of aryl methyl sites for hydroxylation is 2. The molecule has 0 bridgehead atoms. The van der Waals surface area contributed by atoms with Gasteiger partial charge in [0, 0.05) is 31.6 Å². The van der Waals surface area contributed by atoms with Gasteiger partial charge in [0.25, 0.3) is 0 Å². The van der Waals surface area contributed by atoms with E-state index in [1.165, 1.54) is 5.56 Å². The molecule has 23 heavy (non-hydrogen) atoms. The second-order valence-electron chi connectivity index (χ2n) is 5.65. The molecule has 1 aliphatic rings. The molecule has 0 amide bonds. The van der Waals surface area contributed by atoms with Gasteiger partial charge in [-0.05, 0) is 12.0 Å². The molecule has 0 aliphatic carbocycles. The quantitative estimate of drug-likeness (QED) is 0.786. The standard InChI is InChI=1S/C18H19N3O2/c19-8-9-21-15-11-17-16(22-12-23-17)10-14(15)20-18(21)7-6-13-4-2-1-3-5-13/h1-5,10-11H,6-9,12,19H2. The van der Waals surface area contributed by atoms with Crippen molar-refractivity contribution in [3.05, 3.63) is 53.9 Å². The predicted octanol–water partition coefficient (Wildman–Crippen LogP) is 2.51. The van der Waals surface area contributed by atoms with E-state index < -0.39 is 0 Å². The summed E-state index contributed by atoms with van der Waals surface area (Å²) in [5.41, 5.74) is 9.10. The van der Waals surface area contributed by atoms with Crippen LogP contribution in [-0.4, -0.2) is 22.9 Å². The third-order valence-corrected chi connectivity index (χ3v) is 4.15. The summed E-state index contributed by atoms with van der Waals surface area (Å²) in [7, 11) is 0. The summed E-state index contributed by atoms with van der Waals surface area (Å²) in [4.78, 5) is 4.80. The Morgan fingerprint density at radius 3 is 2.61 bits per heavy atom. The molecule has 0 atom stereocenters. The Morgan fingerprint density at radius 2 is 1.83 bits per heavy atom. The Labute approximate surface area is 134 Å². The van der Waals surface area contributed by atoms with E-state index in [2.05, 4.69) is 28.8 Å². The van der Waals surface area contributed by atoms with Crippen LogP contribution in [0.5, 0.6) is 11.5 Å². The molecule has 0 saturated heterocycles. The summed E-state index contributed by atoms with van der Waals surface area (Å²) >= 11 is 0. The number of benzene rings is 2. The second-order valence-corrected chi connectivity index (χ2v) is 5.65. The Kier molecular flexibility index (Phi) is 3.63. The lowest BCUT2D eigenvalue weighted by Crippen LogP contribution is -2.13. The van der Waals surface area contributed by atoms with Crippen LogP contribution in [-0.2, 0) is 19.4 Å². The number of hydrogen-bond donors (Lipinski definition) is 1. The van der Waals surface area contributed by atoms with Crippen LogP contribution in [0.25, 0.3) is 11.0 Å². The molecule has 0 spiro atoms. The highest BCUT2D eigenvalue weighted by Gasteiger charge is 2.18. The molecule has 5 heteroatoms. The molecule has 118 valence electrons. The van der Waals surface area contributed by atoms with Crippen LogP contribution in [0.3, 0.4) is 0 Å². The van der Waals surface area contributed by atoms with Gasteiger partial charge >= 0.3 is 0 Å². The molecule has 3 aromatic rings. The lowest BCUT2D eigenvalue weighted by Gasteiger charge is -2.08. The first-order valence-electron chi connectivity index (χ1n) is 7.88. The predicted molar refractivity (Wildman–Crippen MR) is 88.8 cm³/mol. The molecule has 0 saturated carbocycles. The number of ether oxygens (including phenoxy) is 2. The number of fused-ring (bicyclic) bond motifs is 2. The monoisotopic (exact) mass is 309 g/mol. The van der Waals surface area contributed by atoms with Crippen molar-refractivity contribution in [3.8, 4) is 11.5 Å². The summed E-state index contributed by atoms with van der Waals surface area (Å²) < 4.78 is 13.1. The van der Waals surface area contributed by atoms with Crippen molar-refractivity contribution in [3.63, 3.8) is 0 Å². The van der Waals surface area contributed by atoms with Crippen molar-refractivity contribution in [1.82, 2.24) is 9.55 Å². The molecule has 5 nitrogen and oxygen atoms in total. The number of nitrogens with two attached hydrogens (primary N) is 1. The molecule has 2 heterocycles. The number of hydrogen-bond acceptors (Lipinski definition) is 4. The first-order chi connectivity index (χ1) is 11.3. The maximum absolute atomic E-state index is 5.80. The van der Waals surface area contributed by atoms with Crippen molar-refractivity contribution in [2.24, 2.45) is 5.73 Å². The number of nitrogens with zero attached hydrogens (tertiary/aromatic N) is 2. The van der Waals surface area contributed by atoms with Gasteiger partial charge in [0.15, 0.2) is 11.5 Å². The van der Waals surface area contributed by atoms with E-state index in [1.807, 2.05) is 18.2 Å².